The van der Waals surface area contributed by atoms with Gasteiger partial charge in [-0.2, -0.15) is 0 Å². The third kappa shape index (κ3) is 2.70. The van der Waals surface area contributed by atoms with Crippen LogP contribution in [0.15, 0.2) is 18.2 Å². The Morgan fingerprint density at radius 3 is 2.79 bits per heavy atom. The second-order valence-electron chi connectivity index (χ2n) is 4.25. The molecule has 2 rings (SSSR count). The zero-order chi connectivity index (χ0) is 13.8. The maximum Gasteiger partial charge on any atom is 0.341 e. The molecule has 0 aliphatic carbocycles. The van der Waals surface area contributed by atoms with Crippen LogP contribution in [0.3, 0.4) is 0 Å². The third-order valence-electron chi connectivity index (χ3n) is 3.07. The van der Waals surface area contributed by atoms with Crippen LogP contribution in [0.25, 0.3) is 0 Å². The smallest absolute Gasteiger partial charge is 0.341 e. The van der Waals surface area contributed by atoms with Gasteiger partial charge in [0.05, 0.1) is 13.7 Å². The van der Waals surface area contributed by atoms with Gasteiger partial charge in [-0.05, 0) is 25.5 Å². The summed E-state index contributed by atoms with van der Waals surface area (Å²) in [6.45, 7) is 2.77. The number of amides is 1. The minimum Gasteiger partial charge on any atom is -0.496 e. The monoisotopic (exact) mass is 263 g/mol. The molecule has 1 saturated heterocycles. The summed E-state index contributed by atoms with van der Waals surface area (Å²) < 4.78 is 10.2. The first-order valence-corrected chi connectivity index (χ1v) is 6.33. The maximum absolute atomic E-state index is 11.7. The number of carbonyl (C=O) groups is 2. The van der Waals surface area contributed by atoms with Crippen molar-refractivity contribution in [2.45, 2.75) is 19.8 Å². The van der Waals surface area contributed by atoms with E-state index in [0.717, 1.165) is 12.1 Å². The largest absolute Gasteiger partial charge is 0.496 e. The first kappa shape index (κ1) is 13.4. The predicted octanol–water partition coefficient (Wildman–Crippen LogP) is 2.00. The van der Waals surface area contributed by atoms with Gasteiger partial charge >= 0.3 is 5.97 Å². The molecule has 0 unspecified atom stereocenters. The van der Waals surface area contributed by atoms with Gasteiger partial charge in [-0.3, -0.25) is 4.79 Å². The normalized spacial score (nSPS) is 14.6. The molecule has 0 bridgehead atoms. The van der Waals surface area contributed by atoms with E-state index >= 15 is 0 Å². The third-order valence-corrected chi connectivity index (χ3v) is 3.07. The molecule has 1 heterocycles. The van der Waals surface area contributed by atoms with Crippen LogP contribution in [0, 0.1) is 0 Å². The standard InChI is InChI=1S/C14H17NO4/c1-3-19-14(17)11-7-6-10(9-12(11)18-2)15-8-4-5-13(15)16/h6-7,9H,3-5,8H2,1-2H3. The number of benzene rings is 1. The highest BCUT2D eigenvalue weighted by atomic mass is 16.5. The first-order valence-electron chi connectivity index (χ1n) is 6.33. The van der Waals surface area contributed by atoms with Crippen LogP contribution in [-0.4, -0.2) is 32.1 Å². The molecule has 19 heavy (non-hydrogen) atoms. The van der Waals surface area contributed by atoms with Crippen LogP contribution >= 0.6 is 0 Å². The lowest BCUT2D eigenvalue weighted by Gasteiger charge is -2.17. The molecule has 0 atom stereocenters. The molecule has 1 fully saturated rings. The fourth-order valence-electron chi connectivity index (χ4n) is 2.15. The van der Waals surface area contributed by atoms with Crippen molar-refractivity contribution in [2.24, 2.45) is 0 Å². The summed E-state index contributed by atoms with van der Waals surface area (Å²) in [4.78, 5) is 25.1. The van der Waals surface area contributed by atoms with E-state index in [0.29, 0.717) is 30.9 Å². The van der Waals surface area contributed by atoms with Crippen molar-refractivity contribution < 1.29 is 19.1 Å². The molecule has 5 nitrogen and oxygen atoms in total. The molecule has 0 aromatic heterocycles. The number of nitrogens with zero attached hydrogens (tertiary/aromatic N) is 1. The quantitative estimate of drug-likeness (QED) is 0.780. The van der Waals surface area contributed by atoms with Crippen LogP contribution in [0.4, 0.5) is 5.69 Å². The predicted molar refractivity (Wildman–Crippen MR) is 70.5 cm³/mol. The Kier molecular flexibility index (Phi) is 4.04. The maximum atomic E-state index is 11.7. The molecule has 1 aromatic carbocycles. The molecule has 0 spiro atoms. The van der Waals surface area contributed by atoms with E-state index in [-0.39, 0.29) is 5.91 Å². The van der Waals surface area contributed by atoms with Crippen molar-refractivity contribution in [3.8, 4) is 5.75 Å². The Morgan fingerprint density at radius 2 is 2.21 bits per heavy atom. The van der Waals surface area contributed by atoms with E-state index < -0.39 is 5.97 Å². The molecule has 0 saturated carbocycles. The lowest BCUT2D eigenvalue weighted by atomic mass is 10.1. The van der Waals surface area contributed by atoms with Gasteiger partial charge in [-0.1, -0.05) is 0 Å². The van der Waals surface area contributed by atoms with E-state index in [1.54, 1.807) is 30.0 Å². The Bertz CT molecular complexity index is 498. The Labute approximate surface area is 112 Å². The fraction of sp³-hybridized carbons (Fsp3) is 0.429. The molecule has 0 radical (unpaired) electrons. The second-order valence-corrected chi connectivity index (χ2v) is 4.25. The first-order chi connectivity index (χ1) is 9.17. The molecule has 1 amide bonds. The van der Waals surface area contributed by atoms with Crippen LogP contribution in [-0.2, 0) is 9.53 Å². The minimum absolute atomic E-state index is 0.103. The number of ether oxygens (including phenoxy) is 2. The highest BCUT2D eigenvalue weighted by Gasteiger charge is 2.23. The number of esters is 1. The average molecular weight is 263 g/mol. The number of hydrogen-bond acceptors (Lipinski definition) is 4. The number of methoxy groups -OCH3 is 1. The zero-order valence-electron chi connectivity index (χ0n) is 11.1. The lowest BCUT2D eigenvalue weighted by Crippen LogP contribution is -2.23. The van der Waals surface area contributed by atoms with E-state index in [1.807, 2.05) is 0 Å². The van der Waals surface area contributed by atoms with Crippen LogP contribution in [0.1, 0.15) is 30.1 Å². The minimum atomic E-state index is -0.418. The Hall–Kier alpha value is -2.04. The van der Waals surface area contributed by atoms with E-state index in [1.165, 1.54) is 7.11 Å². The SMILES string of the molecule is CCOC(=O)c1ccc(N2CCCC2=O)cc1OC. The number of hydrogen-bond donors (Lipinski definition) is 0. The molecule has 1 aromatic rings. The highest BCUT2D eigenvalue weighted by Crippen LogP contribution is 2.28. The van der Waals surface area contributed by atoms with Crippen molar-refractivity contribution >= 4 is 17.6 Å². The number of anilines is 1. The van der Waals surface area contributed by atoms with Crippen LogP contribution in [0.2, 0.25) is 0 Å². The van der Waals surface area contributed by atoms with Gasteiger partial charge in [0.15, 0.2) is 0 Å². The van der Waals surface area contributed by atoms with E-state index in [4.69, 9.17) is 9.47 Å². The summed E-state index contributed by atoms with van der Waals surface area (Å²) >= 11 is 0. The van der Waals surface area contributed by atoms with Crippen LogP contribution < -0.4 is 9.64 Å². The summed E-state index contributed by atoms with van der Waals surface area (Å²) in [6.07, 6.45) is 1.43. The van der Waals surface area contributed by atoms with E-state index in [2.05, 4.69) is 0 Å². The van der Waals surface area contributed by atoms with Gasteiger partial charge in [-0.25, -0.2) is 4.79 Å². The molecule has 0 N–H and O–H groups in total. The van der Waals surface area contributed by atoms with Gasteiger partial charge in [0.1, 0.15) is 11.3 Å². The summed E-state index contributed by atoms with van der Waals surface area (Å²) in [6, 6.07) is 5.09. The molecule has 1 aliphatic heterocycles. The van der Waals surface area contributed by atoms with Gasteiger partial charge in [-0.15, -0.1) is 0 Å². The van der Waals surface area contributed by atoms with Gasteiger partial charge in [0.25, 0.3) is 0 Å². The average Bonchev–Trinajstić information content (AvgIpc) is 2.84. The van der Waals surface area contributed by atoms with E-state index in [9.17, 15) is 9.59 Å². The number of rotatable bonds is 4. The second kappa shape index (κ2) is 5.73. The Morgan fingerprint density at radius 1 is 1.42 bits per heavy atom. The van der Waals surface area contributed by atoms with Crippen molar-refractivity contribution in [1.82, 2.24) is 0 Å². The van der Waals surface area contributed by atoms with Crippen molar-refractivity contribution in [3.05, 3.63) is 23.8 Å². The van der Waals surface area contributed by atoms with Crippen molar-refractivity contribution in [3.63, 3.8) is 0 Å². The van der Waals surface area contributed by atoms with Crippen molar-refractivity contribution in [2.75, 3.05) is 25.2 Å². The molecular weight excluding hydrogens is 246 g/mol. The molecule has 5 heteroatoms. The summed E-state index contributed by atoms with van der Waals surface area (Å²) in [7, 11) is 1.49. The van der Waals surface area contributed by atoms with Crippen molar-refractivity contribution in [1.29, 1.82) is 0 Å². The molecular formula is C14H17NO4. The fourth-order valence-corrected chi connectivity index (χ4v) is 2.15. The summed E-state index contributed by atoms with van der Waals surface area (Å²) in [5, 5.41) is 0. The molecule has 1 aliphatic rings. The van der Waals surface area contributed by atoms with Gasteiger partial charge < -0.3 is 14.4 Å². The molecule has 102 valence electrons. The highest BCUT2D eigenvalue weighted by molar-refractivity contribution is 5.97. The summed E-state index contributed by atoms with van der Waals surface area (Å²) in [5.41, 5.74) is 1.13. The van der Waals surface area contributed by atoms with Crippen LogP contribution in [0.5, 0.6) is 5.75 Å². The van der Waals surface area contributed by atoms with Gasteiger partial charge in [0.2, 0.25) is 5.91 Å². The lowest BCUT2D eigenvalue weighted by molar-refractivity contribution is -0.117. The number of carbonyl (C=O) groups excluding carboxylic acids is 2. The zero-order valence-corrected chi connectivity index (χ0v) is 11.1. The topological polar surface area (TPSA) is 55.8 Å². The van der Waals surface area contributed by atoms with Gasteiger partial charge in [0, 0.05) is 24.7 Å². The Balaban J connectivity index is 2.30. The summed E-state index contributed by atoms with van der Waals surface area (Å²) in [5.74, 6) is 0.111.